The molecule has 0 aliphatic carbocycles. The van der Waals surface area contributed by atoms with E-state index in [9.17, 15) is 13.2 Å². The number of amides is 1. The highest BCUT2D eigenvalue weighted by Gasteiger charge is 2.14. The first kappa shape index (κ1) is 21.2. The third-order valence-corrected chi connectivity index (χ3v) is 5.44. The molecule has 3 rings (SSSR count). The molecule has 1 amide bonds. The van der Waals surface area contributed by atoms with Crippen molar-refractivity contribution in [3.05, 3.63) is 84.4 Å². The van der Waals surface area contributed by atoms with Crippen molar-refractivity contribution in [1.82, 2.24) is 0 Å². The summed E-state index contributed by atoms with van der Waals surface area (Å²) >= 11 is 0. The largest absolute Gasteiger partial charge is 0.494 e. The van der Waals surface area contributed by atoms with E-state index in [-0.39, 0.29) is 11.5 Å². The number of hydrogen-bond acceptors (Lipinski definition) is 5. The Kier molecular flexibility index (Phi) is 6.92. The molecule has 0 aromatic heterocycles. The van der Waals surface area contributed by atoms with Crippen LogP contribution in [0.2, 0.25) is 0 Å². The molecule has 0 unspecified atom stereocenters. The van der Waals surface area contributed by atoms with Crippen LogP contribution in [0.15, 0.2) is 83.8 Å². The molecule has 0 bridgehead atoms. The Bertz CT molecular complexity index is 1070. The molecule has 8 heteroatoms. The highest BCUT2D eigenvalue weighted by atomic mass is 32.2. The Labute approximate surface area is 175 Å². The van der Waals surface area contributed by atoms with E-state index >= 15 is 0 Å². The van der Waals surface area contributed by atoms with Gasteiger partial charge in [0, 0.05) is 11.4 Å². The SMILES string of the molecule is CCOc1ccc(NS(=O)(=O)c2ccc(NC(=O)OCc3ccccc3)cc2)cc1. The van der Waals surface area contributed by atoms with Crippen molar-refractivity contribution >= 4 is 27.5 Å². The van der Waals surface area contributed by atoms with Crippen LogP contribution in [0.4, 0.5) is 16.2 Å². The summed E-state index contributed by atoms with van der Waals surface area (Å²) in [6.45, 7) is 2.55. The zero-order valence-corrected chi connectivity index (χ0v) is 17.2. The average Bonchev–Trinajstić information content (AvgIpc) is 2.75. The molecule has 0 heterocycles. The van der Waals surface area contributed by atoms with Gasteiger partial charge in [0.25, 0.3) is 10.0 Å². The first-order chi connectivity index (χ1) is 14.5. The number of carbonyl (C=O) groups excluding carboxylic acids is 1. The van der Waals surface area contributed by atoms with Crippen molar-refractivity contribution in [3.8, 4) is 5.75 Å². The van der Waals surface area contributed by atoms with Crippen molar-refractivity contribution in [3.63, 3.8) is 0 Å². The quantitative estimate of drug-likeness (QED) is 0.548. The molecule has 3 aromatic rings. The van der Waals surface area contributed by atoms with E-state index in [4.69, 9.17) is 9.47 Å². The fraction of sp³-hybridized carbons (Fsp3) is 0.136. The highest BCUT2D eigenvalue weighted by Crippen LogP contribution is 2.21. The summed E-state index contributed by atoms with van der Waals surface area (Å²) in [5, 5.41) is 2.57. The van der Waals surface area contributed by atoms with Crippen LogP contribution in [-0.2, 0) is 21.4 Å². The van der Waals surface area contributed by atoms with Gasteiger partial charge in [-0.1, -0.05) is 30.3 Å². The molecule has 156 valence electrons. The van der Waals surface area contributed by atoms with E-state index in [1.165, 1.54) is 24.3 Å². The first-order valence-corrected chi connectivity index (χ1v) is 10.8. The fourth-order valence-corrected chi connectivity index (χ4v) is 3.65. The molecule has 0 fully saturated rings. The minimum absolute atomic E-state index is 0.0691. The van der Waals surface area contributed by atoms with Crippen LogP contribution in [0, 0.1) is 0 Å². The van der Waals surface area contributed by atoms with Gasteiger partial charge in [-0.05, 0) is 61.0 Å². The molecule has 0 saturated carbocycles. The van der Waals surface area contributed by atoms with Crippen molar-refractivity contribution in [2.24, 2.45) is 0 Å². The van der Waals surface area contributed by atoms with Gasteiger partial charge < -0.3 is 9.47 Å². The van der Waals surface area contributed by atoms with Gasteiger partial charge in [-0.3, -0.25) is 10.0 Å². The number of ether oxygens (including phenoxy) is 2. The predicted octanol–water partition coefficient (Wildman–Crippen LogP) is 4.63. The monoisotopic (exact) mass is 426 g/mol. The van der Waals surface area contributed by atoms with E-state index in [0.717, 1.165) is 5.56 Å². The lowest BCUT2D eigenvalue weighted by Crippen LogP contribution is -2.15. The number of carbonyl (C=O) groups is 1. The Morgan fingerprint density at radius 3 is 2.13 bits per heavy atom. The summed E-state index contributed by atoms with van der Waals surface area (Å²) in [6.07, 6.45) is -0.623. The Morgan fingerprint density at radius 1 is 0.867 bits per heavy atom. The summed E-state index contributed by atoms with van der Waals surface area (Å²) in [5.74, 6) is 0.662. The molecular formula is C22H22N2O5S. The molecule has 30 heavy (non-hydrogen) atoms. The maximum atomic E-state index is 12.6. The van der Waals surface area contributed by atoms with Crippen molar-refractivity contribution in [1.29, 1.82) is 0 Å². The fourth-order valence-electron chi connectivity index (χ4n) is 2.59. The molecule has 7 nitrogen and oxygen atoms in total. The molecule has 3 aromatic carbocycles. The van der Waals surface area contributed by atoms with Gasteiger partial charge >= 0.3 is 6.09 Å². The number of hydrogen-bond donors (Lipinski definition) is 2. The van der Waals surface area contributed by atoms with Crippen LogP contribution in [0.1, 0.15) is 12.5 Å². The summed E-state index contributed by atoms with van der Waals surface area (Å²) < 4.78 is 38.1. The van der Waals surface area contributed by atoms with Gasteiger partial charge in [0.1, 0.15) is 12.4 Å². The number of rotatable bonds is 8. The second kappa shape index (κ2) is 9.80. The highest BCUT2D eigenvalue weighted by molar-refractivity contribution is 7.92. The van der Waals surface area contributed by atoms with Crippen LogP contribution in [0.25, 0.3) is 0 Å². The average molecular weight is 426 g/mol. The predicted molar refractivity (Wildman–Crippen MR) is 115 cm³/mol. The summed E-state index contributed by atoms with van der Waals surface area (Å²) in [7, 11) is -3.76. The van der Waals surface area contributed by atoms with Gasteiger partial charge in [0.05, 0.1) is 11.5 Å². The van der Waals surface area contributed by atoms with Gasteiger partial charge in [-0.15, -0.1) is 0 Å². The summed E-state index contributed by atoms with van der Waals surface area (Å²) in [4.78, 5) is 12.0. The maximum absolute atomic E-state index is 12.6. The van der Waals surface area contributed by atoms with Gasteiger partial charge in [-0.2, -0.15) is 0 Å². The second-order valence-electron chi connectivity index (χ2n) is 6.27. The molecule has 0 aliphatic heterocycles. The number of benzene rings is 3. The Balaban J connectivity index is 1.57. The normalized spacial score (nSPS) is 10.8. The Morgan fingerprint density at radius 2 is 1.50 bits per heavy atom. The minimum atomic E-state index is -3.76. The molecule has 0 saturated heterocycles. The lowest BCUT2D eigenvalue weighted by Gasteiger charge is -2.10. The number of sulfonamides is 1. The molecule has 0 spiro atoms. The van der Waals surface area contributed by atoms with Crippen molar-refractivity contribution in [2.75, 3.05) is 16.6 Å². The molecule has 0 aliphatic rings. The van der Waals surface area contributed by atoms with E-state index in [0.29, 0.717) is 23.7 Å². The van der Waals surface area contributed by atoms with Crippen LogP contribution in [-0.4, -0.2) is 21.1 Å². The first-order valence-electron chi connectivity index (χ1n) is 9.30. The second-order valence-corrected chi connectivity index (χ2v) is 7.96. The number of anilines is 2. The zero-order valence-electron chi connectivity index (χ0n) is 16.4. The Hall–Kier alpha value is -3.52. The maximum Gasteiger partial charge on any atom is 0.411 e. The summed E-state index contributed by atoms with van der Waals surface area (Å²) in [6, 6.07) is 21.7. The molecule has 0 radical (unpaired) electrons. The van der Waals surface area contributed by atoms with Gasteiger partial charge in [-0.25, -0.2) is 13.2 Å². The third kappa shape index (κ3) is 5.99. The van der Waals surface area contributed by atoms with Crippen LogP contribution in [0.3, 0.4) is 0 Å². The lowest BCUT2D eigenvalue weighted by atomic mass is 10.2. The standard InChI is InChI=1S/C22H22N2O5S/c1-2-28-20-12-8-19(9-13-20)24-30(26,27)21-14-10-18(11-15-21)23-22(25)29-16-17-6-4-3-5-7-17/h3-15,24H,2,16H2,1H3,(H,23,25). The van der Waals surface area contributed by atoms with Crippen LogP contribution in [0.5, 0.6) is 5.75 Å². The molecular weight excluding hydrogens is 404 g/mol. The van der Waals surface area contributed by atoms with E-state index in [1.807, 2.05) is 37.3 Å². The van der Waals surface area contributed by atoms with Gasteiger partial charge in [0.15, 0.2) is 0 Å². The van der Waals surface area contributed by atoms with Crippen LogP contribution < -0.4 is 14.8 Å². The van der Waals surface area contributed by atoms with E-state index in [2.05, 4.69) is 10.0 Å². The van der Waals surface area contributed by atoms with Crippen molar-refractivity contribution in [2.45, 2.75) is 18.4 Å². The third-order valence-electron chi connectivity index (χ3n) is 4.04. The molecule has 2 N–H and O–H groups in total. The molecule has 0 atom stereocenters. The van der Waals surface area contributed by atoms with Gasteiger partial charge in [0.2, 0.25) is 0 Å². The van der Waals surface area contributed by atoms with Crippen molar-refractivity contribution < 1.29 is 22.7 Å². The smallest absolute Gasteiger partial charge is 0.411 e. The van der Waals surface area contributed by atoms with Crippen LogP contribution >= 0.6 is 0 Å². The summed E-state index contributed by atoms with van der Waals surface area (Å²) in [5.41, 5.74) is 1.72. The van der Waals surface area contributed by atoms with E-state index in [1.54, 1.807) is 24.3 Å². The topological polar surface area (TPSA) is 93.7 Å². The zero-order chi connectivity index (χ0) is 21.4. The minimum Gasteiger partial charge on any atom is -0.494 e. The number of nitrogens with one attached hydrogen (secondary N) is 2. The lowest BCUT2D eigenvalue weighted by molar-refractivity contribution is 0.155. The van der Waals surface area contributed by atoms with E-state index < -0.39 is 16.1 Å².